The summed E-state index contributed by atoms with van der Waals surface area (Å²) in [6, 6.07) is 6.16. The molecule has 1 amide bonds. The number of aromatic carboxylic acids is 1. The van der Waals surface area contributed by atoms with Crippen molar-refractivity contribution in [2.24, 2.45) is 5.92 Å². The Kier molecular flexibility index (Phi) is 3.44. The van der Waals surface area contributed by atoms with Crippen LogP contribution in [0.3, 0.4) is 0 Å². The average molecular weight is 206 g/mol. The van der Waals surface area contributed by atoms with Gasteiger partial charge in [0.25, 0.3) is 0 Å². The first-order valence-electron chi connectivity index (χ1n) is 4.63. The van der Waals surface area contributed by atoms with Crippen LogP contribution in [0.4, 0.5) is 5.69 Å². The lowest BCUT2D eigenvalue weighted by atomic mass is 10.1. The van der Waals surface area contributed by atoms with E-state index in [1.165, 1.54) is 12.1 Å². The molecule has 0 aromatic heterocycles. The quantitative estimate of drug-likeness (QED) is 0.789. The summed E-state index contributed by atoms with van der Waals surface area (Å²) in [6.07, 6.45) is 0. The summed E-state index contributed by atoms with van der Waals surface area (Å²) in [5.74, 6) is -1.71. The molecule has 15 heavy (non-hydrogen) atoms. The number of hydrogen-bond donors (Lipinski definition) is 1. The van der Waals surface area contributed by atoms with Crippen molar-refractivity contribution in [2.75, 3.05) is 5.32 Å². The SMILES string of the molecule is CC(C)C(=O)Nc1ccccc1C(=O)[O-]. The highest BCUT2D eigenvalue weighted by molar-refractivity contribution is 6.00. The first-order chi connectivity index (χ1) is 7.02. The van der Waals surface area contributed by atoms with Gasteiger partial charge in [-0.2, -0.15) is 0 Å². The molecular weight excluding hydrogens is 194 g/mol. The third kappa shape index (κ3) is 2.80. The van der Waals surface area contributed by atoms with Gasteiger partial charge in [-0.15, -0.1) is 0 Å². The molecule has 80 valence electrons. The molecule has 0 atom stereocenters. The van der Waals surface area contributed by atoms with E-state index in [1.807, 2.05) is 0 Å². The number of hydrogen-bond acceptors (Lipinski definition) is 3. The molecule has 0 radical (unpaired) electrons. The zero-order chi connectivity index (χ0) is 11.4. The van der Waals surface area contributed by atoms with Crippen LogP contribution in [0.15, 0.2) is 24.3 Å². The molecule has 1 aromatic rings. The largest absolute Gasteiger partial charge is 0.545 e. The Morgan fingerprint density at radius 2 is 1.87 bits per heavy atom. The van der Waals surface area contributed by atoms with Crippen LogP contribution >= 0.6 is 0 Å². The van der Waals surface area contributed by atoms with Crippen LogP contribution in [0.1, 0.15) is 24.2 Å². The lowest BCUT2D eigenvalue weighted by Gasteiger charge is -2.12. The van der Waals surface area contributed by atoms with Gasteiger partial charge in [0.1, 0.15) is 0 Å². The Labute approximate surface area is 87.9 Å². The molecule has 1 rings (SSSR count). The summed E-state index contributed by atoms with van der Waals surface area (Å²) < 4.78 is 0. The minimum absolute atomic E-state index is 0.00787. The highest BCUT2D eigenvalue weighted by atomic mass is 16.4. The average Bonchev–Trinajstić information content (AvgIpc) is 2.18. The second-order valence-corrected chi connectivity index (χ2v) is 3.48. The number of rotatable bonds is 3. The standard InChI is InChI=1S/C11H13NO3/c1-7(2)10(13)12-9-6-4-3-5-8(9)11(14)15/h3-7H,1-2H3,(H,12,13)(H,14,15)/p-1. The number of benzene rings is 1. The molecule has 0 aliphatic heterocycles. The second kappa shape index (κ2) is 4.59. The van der Waals surface area contributed by atoms with E-state index in [9.17, 15) is 14.7 Å². The minimum atomic E-state index is -1.30. The molecule has 0 saturated heterocycles. The summed E-state index contributed by atoms with van der Waals surface area (Å²) in [5, 5.41) is 13.2. The van der Waals surface area contributed by atoms with Crippen molar-refractivity contribution in [2.45, 2.75) is 13.8 Å². The lowest BCUT2D eigenvalue weighted by Crippen LogP contribution is -2.25. The van der Waals surface area contributed by atoms with Crippen LogP contribution < -0.4 is 10.4 Å². The first kappa shape index (κ1) is 11.2. The van der Waals surface area contributed by atoms with Crippen molar-refractivity contribution < 1.29 is 14.7 Å². The Bertz CT molecular complexity index is 385. The molecule has 1 N–H and O–H groups in total. The maximum absolute atomic E-state index is 11.4. The van der Waals surface area contributed by atoms with Crippen LogP contribution in [-0.2, 0) is 4.79 Å². The van der Waals surface area contributed by atoms with Crippen molar-refractivity contribution in [3.63, 3.8) is 0 Å². The van der Waals surface area contributed by atoms with Crippen molar-refractivity contribution in [3.8, 4) is 0 Å². The summed E-state index contributed by atoms with van der Waals surface area (Å²) in [7, 11) is 0. The molecule has 0 heterocycles. The molecule has 1 aromatic carbocycles. The fraction of sp³-hybridized carbons (Fsp3) is 0.273. The molecule has 0 fully saturated rings. The maximum Gasteiger partial charge on any atom is 0.226 e. The molecule has 0 aliphatic rings. The van der Waals surface area contributed by atoms with Gasteiger partial charge in [-0.3, -0.25) is 4.79 Å². The van der Waals surface area contributed by atoms with Crippen molar-refractivity contribution in [1.29, 1.82) is 0 Å². The third-order valence-corrected chi connectivity index (χ3v) is 1.93. The van der Waals surface area contributed by atoms with E-state index in [0.29, 0.717) is 0 Å². The monoisotopic (exact) mass is 206 g/mol. The number of carbonyl (C=O) groups is 2. The zero-order valence-corrected chi connectivity index (χ0v) is 8.61. The van der Waals surface area contributed by atoms with Crippen LogP contribution in [0.2, 0.25) is 0 Å². The number of anilines is 1. The predicted octanol–water partition coefficient (Wildman–Crippen LogP) is 0.645. The van der Waals surface area contributed by atoms with E-state index in [4.69, 9.17) is 0 Å². The van der Waals surface area contributed by atoms with Gasteiger partial charge in [-0.1, -0.05) is 32.0 Å². The molecular formula is C11H12NO3-. The Hall–Kier alpha value is -1.84. The van der Waals surface area contributed by atoms with Gasteiger partial charge in [0.2, 0.25) is 5.91 Å². The van der Waals surface area contributed by atoms with E-state index < -0.39 is 5.97 Å². The van der Waals surface area contributed by atoms with Gasteiger partial charge in [0.15, 0.2) is 0 Å². The molecule has 0 aliphatic carbocycles. The van der Waals surface area contributed by atoms with E-state index in [2.05, 4.69) is 5.32 Å². The fourth-order valence-electron chi connectivity index (χ4n) is 1.05. The van der Waals surface area contributed by atoms with Gasteiger partial charge in [0, 0.05) is 17.2 Å². The Balaban J connectivity index is 2.94. The van der Waals surface area contributed by atoms with Crippen LogP contribution in [0.5, 0.6) is 0 Å². The number of amides is 1. The van der Waals surface area contributed by atoms with E-state index >= 15 is 0 Å². The van der Waals surface area contributed by atoms with Gasteiger partial charge in [-0.05, 0) is 6.07 Å². The number of carboxylic acid groups (broad SMARTS) is 1. The normalized spacial score (nSPS) is 10.1. The summed E-state index contributed by atoms with van der Waals surface area (Å²) in [6.45, 7) is 3.47. The van der Waals surface area contributed by atoms with Crippen molar-refractivity contribution in [3.05, 3.63) is 29.8 Å². The zero-order valence-electron chi connectivity index (χ0n) is 8.61. The molecule has 4 nitrogen and oxygen atoms in total. The third-order valence-electron chi connectivity index (χ3n) is 1.93. The van der Waals surface area contributed by atoms with Gasteiger partial charge >= 0.3 is 0 Å². The van der Waals surface area contributed by atoms with Crippen LogP contribution in [-0.4, -0.2) is 11.9 Å². The number of nitrogens with one attached hydrogen (secondary N) is 1. The van der Waals surface area contributed by atoms with Gasteiger partial charge < -0.3 is 15.2 Å². The van der Waals surface area contributed by atoms with Gasteiger partial charge in [-0.25, -0.2) is 0 Å². The molecule has 4 heteroatoms. The highest BCUT2D eigenvalue weighted by Gasteiger charge is 2.09. The Morgan fingerprint density at radius 3 is 2.40 bits per heavy atom. The molecule has 0 bridgehead atoms. The van der Waals surface area contributed by atoms with Crippen LogP contribution in [0.25, 0.3) is 0 Å². The molecule has 0 saturated carbocycles. The first-order valence-corrected chi connectivity index (χ1v) is 4.63. The van der Waals surface area contributed by atoms with Crippen molar-refractivity contribution in [1.82, 2.24) is 0 Å². The summed E-state index contributed by atoms with van der Waals surface area (Å²) in [5.41, 5.74) is 0.266. The smallest absolute Gasteiger partial charge is 0.226 e. The van der Waals surface area contributed by atoms with E-state index in [-0.39, 0.29) is 23.1 Å². The predicted molar refractivity (Wildman–Crippen MR) is 54.2 cm³/mol. The molecule has 0 unspecified atom stereocenters. The highest BCUT2D eigenvalue weighted by Crippen LogP contribution is 2.14. The topological polar surface area (TPSA) is 69.2 Å². The number of carboxylic acids is 1. The number of carbonyl (C=O) groups excluding carboxylic acids is 2. The second-order valence-electron chi connectivity index (χ2n) is 3.48. The lowest BCUT2D eigenvalue weighted by molar-refractivity contribution is -0.254. The maximum atomic E-state index is 11.4. The van der Waals surface area contributed by atoms with Crippen molar-refractivity contribution >= 4 is 17.6 Å². The molecule has 0 spiro atoms. The fourth-order valence-corrected chi connectivity index (χ4v) is 1.05. The summed E-state index contributed by atoms with van der Waals surface area (Å²) in [4.78, 5) is 22.1. The van der Waals surface area contributed by atoms with E-state index in [0.717, 1.165) is 0 Å². The summed E-state index contributed by atoms with van der Waals surface area (Å²) >= 11 is 0. The number of para-hydroxylation sites is 1. The Morgan fingerprint density at radius 1 is 1.27 bits per heavy atom. The van der Waals surface area contributed by atoms with Crippen LogP contribution in [0, 0.1) is 5.92 Å². The van der Waals surface area contributed by atoms with Gasteiger partial charge in [0.05, 0.1) is 5.97 Å². The van der Waals surface area contributed by atoms with E-state index in [1.54, 1.807) is 26.0 Å². The minimum Gasteiger partial charge on any atom is -0.545 e.